The van der Waals surface area contributed by atoms with Gasteiger partial charge >= 0.3 is 0 Å². The molecule has 0 amide bonds. The molecule has 0 radical (unpaired) electrons. The lowest BCUT2D eigenvalue weighted by atomic mass is 10.1. The van der Waals surface area contributed by atoms with E-state index in [0.29, 0.717) is 12.5 Å². The van der Waals surface area contributed by atoms with Crippen LogP contribution in [-0.2, 0) is 14.1 Å². The molecule has 1 saturated heterocycles. The van der Waals surface area contributed by atoms with Crippen molar-refractivity contribution < 1.29 is 14.1 Å². The molecule has 4 nitrogen and oxygen atoms in total. The van der Waals surface area contributed by atoms with E-state index in [1.54, 1.807) is 0 Å². The summed E-state index contributed by atoms with van der Waals surface area (Å²) < 4.78 is 11.5. The fourth-order valence-corrected chi connectivity index (χ4v) is 4.25. The maximum atomic E-state index is 11.2. The molecule has 1 rings (SSSR count). The zero-order valence-corrected chi connectivity index (χ0v) is 16.9. The fourth-order valence-electron chi connectivity index (χ4n) is 3.13. The molecule has 0 aromatic carbocycles. The molecule has 142 valence electrons. The fraction of sp³-hybridized carbons (Fsp3) is 0.947. The molecule has 0 spiro atoms. The Morgan fingerprint density at radius 3 is 2.46 bits per heavy atom. The Morgan fingerprint density at radius 2 is 1.88 bits per heavy atom. The maximum absolute atomic E-state index is 11.2. The lowest BCUT2D eigenvalue weighted by Gasteiger charge is -2.20. The van der Waals surface area contributed by atoms with Crippen molar-refractivity contribution in [3.05, 3.63) is 0 Å². The standard InChI is InChI=1S/C19H38NO3P/c1-4-5-6-7-8-9-10-11-12-18(14-21)20-24(3)23-16-19-13-17(2)15-22-19/h14,17-20H,4-13,15-16H2,1-3H3. The minimum atomic E-state index is -0.752. The second-order valence-electron chi connectivity index (χ2n) is 7.22. The van der Waals surface area contributed by atoms with Crippen molar-refractivity contribution in [2.45, 2.75) is 90.2 Å². The molecule has 4 unspecified atom stereocenters. The number of nitrogens with one attached hydrogen (secondary N) is 1. The number of aldehydes is 1. The van der Waals surface area contributed by atoms with Crippen LogP contribution in [0, 0.1) is 5.92 Å². The SMILES string of the molecule is CCCCCCCCCCC(C=O)NP(C)OCC1CC(C)CO1. The van der Waals surface area contributed by atoms with Crippen LogP contribution in [0.3, 0.4) is 0 Å². The van der Waals surface area contributed by atoms with Gasteiger partial charge in [-0.05, 0) is 25.4 Å². The number of ether oxygens (including phenoxy) is 1. The minimum Gasteiger partial charge on any atom is -0.376 e. The summed E-state index contributed by atoms with van der Waals surface area (Å²) in [5.74, 6) is 0.638. The Labute approximate surface area is 150 Å². The molecule has 0 aliphatic carbocycles. The van der Waals surface area contributed by atoms with Crippen LogP contribution in [0.25, 0.3) is 0 Å². The normalized spacial score (nSPS) is 23.3. The van der Waals surface area contributed by atoms with Gasteiger partial charge in [0.15, 0.2) is 0 Å². The third-order valence-corrected chi connectivity index (χ3v) is 5.85. The Balaban J connectivity index is 2.01. The predicted octanol–water partition coefficient (Wildman–Crippen LogP) is 5.06. The van der Waals surface area contributed by atoms with Crippen LogP contribution in [0.5, 0.6) is 0 Å². The summed E-state index contributed by atoms with van der Waals surface area (Å²) in [7, 11) is -0.752. The third-order valence-electron chi connectivity index (χ3n) is 4.62. The molecule has 0 saturated carbocycles. The molecular formula is C19H38NO3P. The first-order valence-electron chi connectivity index (χ1n) is 9.85. The molecule has 4 atom stereocenters. The maximum Gasteiger partial charge on any atom is 0.137 e. The average Bonchev–Trinajstić information content (AvgIpc) is 2.99. The molecule has 1 aliphatic heterocycles. The van der Waals surface area contributed by atoms with E-state index in [1.165, 1.54) is 44.9 Å². The minimum absolute atomic E-state index is 0.0652. The summed E-state index contributed by atoms with van der Waals surface area (Å²) in [4.78, 5) is 11.2. The molecule has 24 heavy (non-hydrogen) atoms. The number of hydrogen-bond acceptors (Lipinski definition) is 4. The molecule has 0 bridgehead atoms. The van der Waals surface area contributed by atoms with Crippen molar-refractivity contribution in [3.63, 3.8) is 0 Å². The highest BCUT2D eigenvalue weighted by molar-refractivity contribution is 7.49. The number of carbonyl (C=O) groups is 1. The summed E-state index contributed by atoms with van der Waals surface area (Å²) in [6.45, 7) is 7.98. The first-order valence-corrected chi connectivity index (χ1v) is 11.6. The molecule has 1 heterocycles. The Kier molecular flexibility index (Phi) is 13.0. The van der Waals surface area contributed by atoms with E-state index < -0.39 is 8.30 Å². The number of hydrogen-bond donors (Lipinski definition) is 1. The topological polar surface area (TPSA) is 47.6 Å². The van der Waals surface area contributed by atoms with Gasteiger partial charge in [0.2, 0.25) is 0 Å². The highest BCUT2D eigenvalue weighted by Gasteiger charge is 2.23. The van der Waals surface area contributed by atoms with Crippen LogP contribution in [-0.4, -0.2) is 38.3 Å². The van der Waals surface area contributed by atoms with Gasteiger partial charge in [0.1, 0.15) is 6.29 Å². The van der Waals surface area contributed by atoms with Crippen molar-refractivity contribution in [3.8, 4) is 0 Å². The van der Waals surface area contributed by atoms with Crippen LogP contribution in [0.2, 0.25) is 0 Å². The third kappa shape index (κ3) is 10.8. The van der Waals surface area contributed by atoms with Crippen LogP contribution in [0.1, 0.15) is 78.1 Å². The van der Waals surface area contributed by atoms with E-state index in [4.69, 9.17) is 9.26 Å². The van der Waals surface area contributed by atoms with Crippen molar-refractivity contribution in [2.75, 3.05) is 19.9 Å². The lowest BCUT2D eigenvalue weighted by Crippen LogP contribution is -2.27. The van der Waals surface area contributed by atoms with Crippen LogP contribution >= 0.6 is 8.30 Å². The van der Waals surface area contributed by atoms with Crippen LogP contribution in [0.15, 0.2) is 0 Å². The van der Waals surface area contributed by atoms with Gasteiger partial charge in [-0.3, -0.25) is 5.09 Å². The smallest absolute Gasteiger partial charge is 0.137 e. The van der Waals surface area contributed by atoms with E-state index in [9.17, 15) is 4.79 Å². The Hall–Kier alpha value is -0.0200. The van der Waals surface area contributed by atoms with Crippen molar-refractivity contribution in [1.29, 1.82) is 0 Å². The van der Waals surface area contributed by atoms with Crippen LogP contribution < -0.4 is 5.09 Å². The second-order valence-corrected chi connectivity index (χ2v) is 8.74. The molecular weight excluding hydrogens is 321 g/mol. The molecule has 0 aromatic rings. The number of carbonyl (C=O) groups excluding carboxylic acids is 1. The van der Waals surface area contributed by atoms with Gasteiger partial charge in [-0.25, -0.2) is 0 Å². The van der Waals surface area contributed by atoms with Crippen molar-refractivity contribution in [2.24, 2.45) is 5.92 Å². The Bertz CT molecular complexity index is 317. The predicted molar refractivity (Wildman–Crippen MR) is 103 cm³/mol. The zero-order valence-electron chi connectivity index (χ0n) is 16.0. The summed E-state index contributed by atoms with van der Waals surface area (Å²) in [6.07, 6.45) is 13.7. The van der Waals surface area contributed by atoms with Gasteiger partial charge in [0.05, 0.1) is 27.1 Å². The summed E-state index contributed by atoms with van der Waals surface area (Å²) >= 11 is 0. The largest absolute Gasteiger partial charge is 0.376 e. The summed E-state index contributed by atoms with van der Waals surface area (Å²) in [5.41, 5.74) is 0. The molecule has 0 aromatic heterocycles. The number of unbranched alkanes of at least 4 members (excludes halogenated alkanes) is 7. The van der Waals surface area contributed by atoms with E-state index >= 15 is 0 Å². The van der Waals surface area contributed by atoms with Crippen molar-refractivity contribution >= 4 is 14.6 Å². The van der Waals surface area contributed by atoms with Gasteiger partial charge in [0.25, 0.3) is 0 Å². The Morgan fingerprint density at radius 1 is 1.21 bits per heavy atom. The van der Waals surface area contributed by atoms with E-state index in [2.05, 4.69) is 18.9 Å². The molecule has 5 heteroatoms. The first-order chi connectivity index (χ1) is 11.7. The highest BCUT2D eigenvalue weighted by atomic mass is 31.2. The van der Waals surface area contributed by atoms with Gasteiger partial charge < -0.3 is 14.1 Å². The van der Waals surface area contributed by atoms with Gasteiger partial charge in [-0.2, -0.15) is 0 Å². The zero-order chi connectivity index (χ0) is 17.6. The lowest BCUT2D eigenvalue weighted by molar-refractivity contribution is -0.109. The van der Waals surface area contributed by atoms with Crippen molar-refractivity contribution in [1.82, 2.24) is 5.09 Å². The van der Waals surface area contributed by atoms with Gasteiger partial charge in [0, 0.05) is 6.61 Å². The van der Waals surface area contributed by atoms with Gasteiger partial charge in [-0.1, -0.05) is 65.2 Å². The monoisotopic (exact) mass is 359 g/mol. The van der Waals surface area contributed by atoms with E-state index in [0.717, 1.165) is 32.2 Å². The quantitative estimate of drug-likeness (QED) is 0.252. The molecule has 1 fully saturated rings. The second kappa shape index (κ2) is 14.2. The highest BCUT2D eigenvalue weighted by Crippen LogP contribution is 2.30. The van der Waals surface area contributed by atoms with Crippen LogP contribution in [0.4, 0.5) is 0 Å². The first kappa shape index (κ1) is 22.0. The molecule has 1 aliphatic rings. The average molecular weight is 359 g/mol. The summed E-state index contributed by atoms with van der Waals surface area (Å²) in [5, 5.41) is 3.34. The van der Waals surface area contributed by atoms with E-state index in [-0.39, 0.29) is 12.1 Å². The number of rotatable bonds is 15. The summed E-state index contributed by atoms with van der Waals surface area (Å²) in [6, 6.07) is -0.0652. The van der Waals surface area contributed by atoms with E-state index in [1.807, 2.05) is 6.66 Å². The molecule has 1 N–H and O–H groups in total. The van der Waals surface area contributed by atoms with Gasteiger partial charge in [-0.15, -0.1) is 0 Å².